The fourth-order valence-electron chi connectivity index (χ4n) is 2.28. The number of hydrogen-bond donors (Lipinski definition) is 1. The number of thioether (sulfide) groups is 1. The van der Waals surface area contributed by atoms with Gasteiger partial charge in [-0.25, -0.2) is 0 Å². The smallest absolute Gasteiger partial charge is 0.193 e. The highest BCUT2D eigenvalue weighted by Crippen LogP contribution is 2.29. The normalized spacial score (nSPS) is 16.9. The Labute approximate surface area is 107 Å². The summed E-state index contributed by atoms with van der Waals surface area (Å²) in [6, 6.07) is 7.61. The van der Waals surface area contributed by atoms with Crippen LogP contribution in [0.3, 0.4) is 0 Å². The van der Waals surface area contributed by atoms with Crippen LogP contribution in [0, 0.1) is 0 Å². The Morgan fingerprint density at radius 3 is 2.76 bits per heavy atom. The van der Waals surface area contributed by atoms with Crippen LogP contribution in [0.2, 0.25) is 0 Å². The number of anilines is 1. The zero-order valence-electron chi connectivity index (χ0n) is 10.0. The molecule has 17 heavy (non-hydrogen) atoms. The van der Waals surface area contributed by atoms with E-state index >= 15 is 0 Å². The van der Waals surface area contributed by atoms with Crippen molar-refractivity contribution in [1.29, 1.82) is 0 Å². The van der Waals surface area contributed by atoms with E-state index in [4.69, 9.17) is 5.73 Å². The highest BCUT2D eigenvalue weighted by molar-refractivity contribution is 8.14. The monoisotopic (exact) mass is 249 g/mol. The summed E-state index contributed by atoms with van der Waals surface area (Å²) in [5, 5.41) is 0.833. The summed E-state index contributed by atoms with van der Waals surface area (Å²) in [5.41, 5.74) is 7.46. The first kappa shape index (κ1) is 12.5. The lowest BCUT2D eigenvalue weighted by atomic mass is 10.0. The third kappa shape index (κ3) is 4.08. The van der Waals surface area contributed by atoms with Gasteiger partial charge in [-0.1, -0.05) is 43.2 Å². The van der Waals surface area contributed by atoms with Crippen LogP contribution in [0.15, 0.2) is 24.3 Å². The molecule has 0 aliphatic heterocycles. The van der Waals surface area contributed by atoms with E-state index in [9.17, 15) is 4.79 Å². The maximum atomic E-state index is 11.9. The van der Waals surface area contributed by atoms with Gasteiger partial charge in [0.25, 0.3) is 0 Å². The predicted molar refractivity (Wildman–Crippen MR) is 74.0 cm³/mol. The van der Waals surface area contributed by atoms with Gasteiger partial charge >= 0.3 is 0 Å². The number of carbonyl (C=O) groups excluding carboxylic acids is 1. The molecule has 1 aliphatic rings. The molecule has 0 heterocycles. The van der Waals surface area contributed by atoms with Crippen LogP contribution in [-0.4, -0.2) is 10.4 Å². The van der Waals surface area contributed by atoms with Gasteiger partial charge in [-0.2, -0.15) is 0 Å². The predicted octanol–water partition coefficient (Wildman–Crippen LogP) is 3.40. The molecule has 0 atom stereocenters. The molecule has 1 aliphatic carbocycles. The maximum Gasteiger partial charge on any atom is 0.193 e. The van der Waals surface area contributed by atoms with E-state index < -0.39 is 0 Å². The van der Waals surface area contributed by atoms with Gasteiger partial charge in [0.15, 0.2) is 5.12 Å². The Morgan fingerprint density at radius 2 is 2.06 bits per heavy atom. The molecule has 0 unspecified atom stereocenters. The van der Waals surface area contributed by atoms with Crippen LogP contribution in [0.25, 0.3) is 0 Å². The van der Waals surface area contributed by atoms with Crippen LogP contribution >= 0.6 is 11.8 Å². The molecule has 2 N–H and O–H groups in total. The molecule has 92 valence electrons. The Morgan fingerprint density at radius 1 is 1.29 bits per heavy atom. The molecular weight excluding hydrogens is 230 g/mol. The average Bonchev–Trinajstić information content (AvgIpc) is 2.30. The molecule has 1 fully saturated rings. The van der Waals surface area contributed by atoms with Gasteiger partial charge < -0.3 is 5.73 Å². The molecule has 1 saturated carbocycles. The van der Waals surface area contributed by atoms with Crippen molar-refractivity contribution in [2.75, 3.05) is 5.73 Å². The number of benzene rings is 1. The second-order valence-electron chi connectivity index (χ2n) is 4.67. The molecule has 0 aromatic heterocycles. The SMILES string of the molecule is Nc1cccc(CC(=O)SC2CCCCC2)c1. The zero-order valence-corrected chi connectivity index (χ0v) is 10.8. The first-order chi connectivity index (χ1) is 8.24. The van der Waals surface area contributed by atoms with Crippen molar-refractivity contribution >= 4 is 22.6 Å². The molecule has 0 spiro atoms. The number of nitrogens with two attached hydrogens (primary N) is 1. The topological polar surface area (TPSA) is 43.1 Å². The molecule has 3 heteroatoms. The average molecular weight is 249 g/mol. The zero-order chi connectivity index (χ0) is 12.1. The van der Waals surface area contributed by atoms with Gasteiger partial charge in [-0.3, -0.25) is 4.79 Å². The lowest BCUT2D eigenvalue weighted by Gasteiger charge is -2.19. The van der Waals surface area contributed by atoms with Crippen molar-refractivity contribution in [3.05, 3.63) is 29.8 Å². The number of carbonyl (C=O) groups is 1. The summed E-state index contributed by atoms with van der Waals surface area (Å²) in [6.45, 7) is 0. The van der Waals surface area contributed by atoms with Crippen LogP contribution in [0.5, 0.6) is 0 Å². The van der Waals surface area contributed by atoms with Gasteiger partial charge in [0.05, 0.1) is 0 Å². The molecule has 0 bridgehead atoms. The summed E-state index contributed by atoms with van der Waals surface area (Å²) < 4.78 is 0. The summed E-state index contributed by atoms with van der Waals surface area (Å²) in [6.07, 6.45) is 6.81. The molecule has 2 rings (SSSR count). The van der Waals surface area contributed by atoms with Crippen molar-refractivity contribution in [3.8, 4) is 0 Å². The third-order valence-corrected chi connectivity index (χ3v) is 4.36. The molecular formula is C14H19NOS. The lowest BCUT2D eigenvalue weighted by Crippen LogP contribution is -2.12. The second-order valence-corrected chi connectivity index (χ2v) is 6.03. The molecule has 0 saturated heterocycles. The molecule has 1 aromatic rings. The number of nitrogen functional groups attached to an aromatic ring is 1. The van der Waals surface area contributed by atoms with Gasteiger partial charge in [0.1, 0.15) is 0 Å². The fourth-order valence-corrected chi connectivity index (χ4v) is 3.47. The first-order valence-corrected chi connectivity index (χ1v) is 7.16. The first-order valence-electron chi connectivity index (χ1n) is 6.28. The van der Waals surface area contributed by atoms with Gasteiger partial charge in [0.2, 0.25) is 0 Å². The van der Waals surface area contributed by atoms with Crippen LogP contribution in [-0.2, 0) is 11.2 Å². The summed E-state index contributed by atoms with van der Waals surface area (Å²) in [5.74, 6) is 0. The van der Waals surface area contributed by atoms with Crippen molar-refractivity contribution in [2.24, 2.45) is 0 Å². The van der Waals surface area contributed by atoms with Crippen LogP contribution in [0.1, 0.15) is 37.7 Å². The van der Waals surface area contributed by atoms with E-state index in [0.717, 1.165) is 11.3 Å². The summed E-state index contributed by atoms with van der Waals surface area (Å²) in [7, 11) is 0. The highest BCUT2D eigenvalue weighted by atomic mass is 32.2. The molecule has 0 amide bonds. The maximum absolute atomic E-state index is 11.9. The fraction of sp³-hybridized carbons (Fsp3) is 0.500. The van der Waals surface area contributed by atoms with Gasteiger partial charge in [-0.15, -0.1) is 0 Å². The van der Waals surface area contributed by atoms with Crippen LogP contribution in [0.4, 0.5) is 5.69 Å². The van der Waals surface area contributed by atoms with Crippen molar-refractivity contribution < 1.29 is 4.79 Å². The quantitative estimate of drug-likeness (QED) is 0.835. The molecule has 0 radical (unpaired) electrons. The summed E-state index contributed by atoms with van der Waals surface area (Å²) >= 11 is 1.54. The van der Waals surface area contributed by atoms with E-state index in [1.54, 1.807) is 11.8 Å². The second kappa shape index (κ2) is 6.10. The van der Waals surface area contributed by atoms with E-state index in [1.807, 2.05) is 24.3 Å². The molecule has 2 nitrogen and oxygen atoms in total. The largest absolute Gasteiger partial charge is 0.399 e. The van der Waals surface area contributed by atoms with E-state index in [-0.39, 0.29) is 5.12 Å². The summed E-state index contributed by atoms with van der Waals surface area (Å²) in [4.78, 5) is 11.9. The highest BCUT2D eigenvalue weighted by Gasteiger charge is 2.17. The van der Waals surface area contributed by atoms with E-state index in [0.29, 0.717) is 11.7 Å². The van der Waals surface area contributed by atoms with Crippen molar-refractivity contribution in [2.45, 2.75) is 43.8 Å². The van der Waals surface area contributed by atoms with E-state index in [2.05, 4.69) is 0 Å². The minimum Gasteiger partial charge on any atom is -0.399 e. The Kier molecular flexibility index (Phi) is 4.49. The minimum absolute atomic E-state index is 0.280. The molecule has 1 aromatic carbocycles. The number of rotatable bonds is 3. The van der Waals surface area contributed by atoms with Gasteiger partial charge in [0, 0.05) is 17.4 Å². The Hall–Kier alpha value is -0.960. The Bertz CT molecular complexity index is 386. The minimum atomic E-state index is 0.280. The third-order valence-electron chi connectivity index (χ3n) is 3.15. The van der Waals surface area contributed by atoms with E-state index in [1.165, 1.54) is 32.1 Å². The number of hydrogen-bond acceptors (Lipinski definition) is 3. The van der Waals surface area contributed by atoms with Gasteiger partial charge in [-0.05, 0) is 30.5 Å². The van der Waals surface area contributed by atoms with Crippen LogP contribution < -0.4 is 5.73 Å². The Balaban J connectivity index is 1.84. The lowest BCUT2D eigenvalue weighted by molar-refractivity contribution is -0.110. The van der Waals surface area contributed by atoms with Crippen molar-refractivity contribution in [1.82, 2.24) is 0 Å². The van der Waals surface area contributed by atoms with Crippen molar-refractivity contribution in [3.63, 3.8) is 0 Å². The standard InChI is InChI=1S/C14H19NOS/c15-12-6-4-5-11(9-12)10-14(16)17-13-7-2-1-3-8-13/h4-6,9,13H,1-3,7-8,10,15H2.